The first-order valence-corrected chi connectivity index (χ1v) is 4.45. The maximum absolute atomic E-state index is 12.6. The molecule has 1 aromatic rings. The fourth-order valence-corrected chi connectivity index (χ4v) is 1.80. The van der Waals surface area contributed by atoms with E-state index < -0.39 is 18.3 Å². The minimum absolute atomic E-state index is 0.393. The number of alkyl halides is 2. The lowest BCUT2D eigenvalue weighted by atomic mass is 10.2. The van der Waals surface area contributed by atoms with Crippen LogP contribution in [0.4, 0.5) is 8.78 Å². The van der Waals surface area contributed by atoms with E-state index in [0.29, 0.717) is 4.88 Å². The third kappa shape index (κ3) is 2.48. The number of hydrogen-bond donors (Lipinski definition) is 1. The topological polar surface area (TPSA) is 37.3 Å². The van der Waals surface area contributed by atoms with Gasteiger partial charge in [-0.25, -0.2) is 4.79 Å². The number of halogens is 2. The Labute approximate surface area is 77.8 Å². The number of thiophene rings is 1. The Hall–Kier alpha value is -0.970. The van der Waals surface area contributed by atoms with E-state index in [2.05, 4.69) is 0 Å². The van der Waals surface area contributed by atoms with E-state index in [0.717, 1.165) is 16.9 Å². The van der Waals surface area contributed by atoms with Crippen LogP contribution in [-0.4, -0.2) is 17.0 Å². The first kappa shape index (κ1) is 10.1. The summed E-state index contributed by atoms with van der Waals surface area (Å²) in [6.07, 6.45) is -0.721. The standard InChI is InChI=1S/C8H8F2O2S/c1-5-2-6(13-4-5)3-8(9,10)7(11)12/h2,4H,3H2,1H3,(H,11,12). The van der Waals surface area contributed by atoms with Crippen LogP contribution in [0.5, 0.6) is 0 Å². The van der Waals surface area contributed by atoms with Gasteiger partial charge in [-0.05, 0) is 23.9 Å². The molecule has 1 heterocycles. The van der Waals surface area contributed by atoms with Crippen molar-refractivity contribution in [2.24, 2.45) is 0 Å². The van der Waals surface area contributed by atoms with E-state index in [9.17, 15) is 13.6 Å². The van der Waals surface area contributed by atoms with Gasteiger partial charge in [-0.1, -0.05) is 0 Å². The van der Waals surface area contributed by atoms with Gasteiger partial charge in [0.25, 0.3) is 0 Å². The number of carboxylic acids is 1. The van der Waals surface area contributed by atoms with Crippen LogP contribution in [0.1, 0.15) is 10.4 Å². The molecule has 0 radical (unpaired) electrons. The highest BCUT2D eigenvalue weighted by atomic mass is 32.1. The van der Waals surface area contributed by atoms with Gasteiger partial charge in [0.05, 0.1) is 6.42 Å². The van der Waals surface area contributed by atoms with E-state index >= 15 is 0 Å². The highest BCUT2D eigenvalue weighted by Gasteiger charge is 2.39. The van der Waals surface area contributed by atoms with Crippen LogP contribution in [0.3, 0.4) is 0 Å². The maximum Gasteiger partial charge on any atom is 0.374 e. The Balaban J connectivity index is 2.74. The first-order chi connectivity index (χ1) is 5.92. The highest BCUT2D eigenvalue weighted by molar-refractivity contribution is 7.10. The average Bonchev–Trinajstić information content (AvgIpc) is 2.34. The molecule has 0 aliphatic rings. The fourth-order valence-electron chi connectivity index (χ4n) is 0.878. The molecule has 5 heteroatoms. The van der Waals surface area contributed by atoms with E-state index in [1.54, 1.807) is 18.4 Å². The Morgan fingerprint density at radius 2 is 2.31 bits per heavy atom. The lowest BCUT2D eigenvalue weighted by molar-refractivity contribution is -0.164. The van der Waals surface area contributed by atoms with Gasteiger partial charge in [-0.3, -0.25) is 0 Å². The summed E-state index contributed by atoms with van der Waals surface area (Å²) in [5.74, 6) is -5.73. The van der Waals surface area contributed by atoms with Crippen molar-refractivity contribution < 1.29 is 18.7 Å². The van der Waals surface area contributed by atoms with Crippen molar-refractivity contribution in [3.8, 4) is 0 Å². The SMILES string of the molecule is Cc1csc(CC(F)(F)C(=O)O)c1. The lowest BCUT2D eigenvalue weighted by Gasteiger charge is -2.08. The van der Waals surface area contributed by atoms with E-state index in [4.69, 9.17) is 5.11 Å². The molecule has 0 saturated carbocycles. The van der Waals surface area contributed by atoms with E-state index in [1.165, 1.54) is 0 Å². The van der Waals surface area contributed by atoms with Gasteiger partial charge in [0.1, 0.15) is 0 Å². The van der Waals surface area contributed by atoms with Gasteiger partial charge in [0, 0.05) is 4.88 Å². The Bertz CT molecular complexity index is 320. The molecular weight excluding hydrogens is 198 g/mol. The largest absolute Gasteiger partial charge is 0.477 e. The van der Waals surface area contributed by atoms with Crippen LogP contribution < -0.4 is 0 Å². The van der Waals surface area contributed by atoms with Crippen LogP contribution in [-0.2, 0) is 11.2 Å². The summed E-state index contributed by atoms with van der Waals surface area (Å²) in [5, 5.41) is 9.88. The number of hydrogen-bond acceptors (Lipinski definition) is 2. The summed E-state index contributed by atoms with van der Waals surface area (Å²) in [5.41, 5.74) is 0.876. The molecule has 0 aliphatic carbocycles. The summed E-state index contributed by atoms with van der Waals surface area (Å²) < 4.78 is 25.3. The summed E-state index contributed by atoms with van der Waals surface area (Å²) in [7, 11) is 0. The normalized spacial score (nSPS) is 11.6. The second-order valence-electron chi connectivity index (χ2n) is 2.78. The molecule has 0 amide bonds. The number of carbonyl (C=O) groups is 1. The second kappa shape index (κ2) is 3.41. The van der Waals surface area contributed by atoms with Gasteiger partial charge in [0.15, 0.2) is 0 Å². The number of rotatable bonds is 3. The Morgan fingerprint density at radius 3 is 2.69 bits per heavy atom. The van der Waals surface area contributed by atoms with E-state index in [1.807, 2.05) is 0 Å². The summed E-state index contributed by atoms with van der Waals surface area (Å²) in [6.45, 7) is 1.78. The summed E-state index contributed by atoms with van der Waals surface area (Å²) >= 11 is 1.15. The van der Waals surface area contributed by atoms with Crippen molar-refractivity contribution in [3.63, 3.8) is 0 Å². The Kier molecular flexibility index (Phi) is 2.66. The Morgan fingerprint density at radius 1 is 1.69 bits per heavy atom. The number of carboxylic acid groups (broad SMARTS) is 1. The van der Waals surface area contributed by atoms with Gasteiger partial charge in [-0.2, -0.15) is 8.78 Å². The smallest absolute Gasteiger partial charge is 0.374 e. The fraction of sp³-hybridized carbons (Fsp3) is 0.375. The van der Waals surface area contributed by atoms with Crippen molar-refractivity contribution in [1.82, 2.24) is 0 Å². The zero-order chi connectivity index (χ0) is 10.1. The molecule has 0 unspecified atom stereocenters. The van der Waals surface area contributed by atoms with Crippen molar-refractivity contribution in [2.45, 2.75) is 19.3 Å². The molecule has 0 fully saturated rings. The molecule has 1 aromatic heterocycles. The van der Waals surface area contributed by atoms with Gasteiger partial charge in [0.2, 0.25) is 0 Å². The quantitative estimate of drug-likeness (QED) is 0.824. The van der Waals surface area contributed by atoms with E-state index in [-0.39, 0.29) is 0 Å². The molecule has 1 rings (SSSR count). The molecule has 2 nitrogen and oxygen atoms in total. The first-order valence-electron chi connectivity index (χ1n) is 3.57. The molecule has 0 aliphatic heterocycles. The monoisotopic (exact) mass is 206 g/mol. The number of aryl methyl sites for hydroxylation is 1. The highest BCUT2D eigenvalue weighted by Crippen LogP contribution is 2.24. The van der Waals surface area contributed by atoms with Crippen LogP contribution in [0.25, 0.3) is 0 Å². The number of aliphatic carboxylic acids is 1. The molecule has 72 valence electrons. The van der Waals surface area contributed by atoms with Crippen molar-refractivity contribution in [3.05, 3.63) is 21.9 Å². The molecule has 0 saturated heterocycles. The summed E-state index contributed by atoms with van der Waals surface area (Å²) in [4.78, 5) is 10.5. The summed E-state index contributed by atoms with van der Waals surface area (Å²) in [6, 6.07) is 1.57. The van der Waals surface area contributed by atoms with Crippen molar-refractivity contribution in [1.29, 1.82) is 0 Å². The minimum atomic E-state index is -3.66. The second-order valence-corrected chi connectivity index (χ2v) is 3.77. The van der Waals surface area contributed by atoms with Gasteiger partial charge in [-0.15, -0.1) is 11.3 Å². The van der Waals surface area contributed by atoms with Crippen LogP contribution >= 0.6 is 11.3 Å². The van der Waals surface area contributed by atoms with Crippen LogP contribution in [0.15, 0.2) is 11.4 Å². The maximum atomic E-state index is 12.6. The average molecular weight is 206 g/mol. The van der Waals surface area contributed by atoms with Crippen molar-refractivity contribution >= 4 is 17.3 Å². The lowest BCUT2D eigenvalue weighted by Crippen LogP contribution is -2.30. The third-order valence-corrected chi connectivity index (χ3v) is 2.55. The molecule has 0 bridgehead atoms. The zero-order valence-electron chi connectivity index (χ0n) is 6.88. The van der Waals surface area contributed by atoms with Crippen LogP contribution in [0, 0.1) is 6.92 Å². The predicted octanol–water partition coefficient (Wildman–Crippen LogP) is 2.32. The molecule has 13 heavy (non-hydrogen) atoms. The predicted molar refractivity (Wildman–Crippen MR) is 45.3 cm³/mol. The molecule has 0 spiro atoms. The third-order valence-electron chi connectivity index (χ3n) is 1.49. The molecule has 0 aromatic carbocycles. The zero-order valence-corrected chi connectivity index (χ0v) is 7.70. The van der Waals surface area contributed by atoms with Gasteiger partial charge < -0.3 is 5.11 Å². The van der Waals surface area contributed by atoms with Crippen molar-refractivity contribution in [2.75, 3.05) is 0 Å². The van der Waals surface area contributed by atoms with Gasteiger partial charge >= 0.3 is 11.9 Å². The molecule has 0 atom stereocenters. The minimum Gasteiger partial charge on any atom is -0.477 e. The molecule has 1 N–H and O–H groups in total. The van der Waals surface area contributed by atoms with Crippen LogP contribution in [0.2, 0.25) is 0 Å². The molecular formula is C8H8F2O2S.